The van der Waals surface area contributed by atoms with E-state index in [1.807, 2.05) is 36.2 Å². The average molecular weight is 440 g/mol. The van der Waals surface area contributed by atoms with Crippen LogP contribution in [0.2, 0.25) is 0 Å². The summed E-state index contributed by atoms with van der Waals surface area (Å²) in [5.74, 6) is 0.498. The second-order valence-electron chi connectivity index (χ2n) is 8.92. The number of amides is 2. The number of aromatic nitrogens is 3. The highest BCUT2D eigenvalue weighted by atomic mass is 16.5. The summed E-state index contributed by atoms with van der Waals surface area (Å²) < 4.78 is 8.06. The second-order valence-corrected chi connectivity index (χ2v) is 8.92. The molecule has 1 saturated carbocycles. The van der Waals surface area contributed by atoms with Crippen molar-refractivity contribution in [2.75, 3.05) is 20.1 Å². The van der Waals surface area contributed by atoms with Crippen molar-refractivity contribution < 1.29 is 14.3 Å². The van der Waals surface area contributed by atoms with Crippen molar-refractivity contribution in [2.24, 2.45) is 7.05 Å². The summed E-state index contributed by atoms with van der Waals surface area (Å²) in [7, 11) is 3.62. The lowest BCUT2D eigenvalue weighted by atomic mass is 9.90. The summed E-state index contributed by atoms with van der Waals surface area (Å²) in [6, 6.07) is 7.42. The molecule has 2 heterocycles. The summed E-state index contributed by atoms with van der Waals surface area (Å²) in [6.07, 6.45) is 9.25. The third kappa shape index (κ3) is 4.95. The maximum absolute atomic E-state index is 13.4. The van der Waals surface area contributed by atoms with Gasteiger partial charge in [0.15, 0.2) is 5.69 Å². The molecule has 1 aromatic carbocycles. The highest BCUT2D eigenvalue weighted by Crippen LogP contribution is 2.31. The molecular formula is C24H33N5O3. The third-order valence-corrected chi connectivity index (χ3v) is 6.54. The van der Waals surface area contributed by atoms with Crippen LogP contribution in [-0.4, -0.2) is 68.9 Å². The van der Waals surface area contributed by atoms with Crippen LogP contribution in [0.1, 0.15) is 72.2 Å². The van der Waals surface area contributed by atoms with Crippen LogP contribution >= 0.6 is 0 Å². The molecule has 1 aliphatic heterocycles. The number of nitrogens with zero attached hydrogens (tertiary/aromatic N) is 5. The van der Waals surface area contributed by atoms with E-state index in [1.54, 1.807) is 22.8 Å². The van der Waals surface area contributed by atoms with Crippen LogP contribution in [0.5, 0.6) is 5.75 Å². The van der Waals surface area contributed by atoms with Gasteiger partial charge < -0.3 is 14.5 Å². The van der Waals surface area contributed by atoms with Crippen LogP contribution in [0.25, 0.3) is 0 Å². The number of hydrogen-bond donors (Lipinski definition) is 0. The van der Waals surface area contributed by atoms with Crippen LogP contribution in [0, 0.1) is 0 Å². The van der Waals surface area contributed by atoms with Crippen LogP contribution in [0.15, 0.2) is 30.5 Å². The number of hydrogen-bond acceptors (Lipinski definition) is 5. The maximum atomic E-state index is 13.4. The zero-order valence-electron chi connectivity index (χ0n) is 19.1. The Morgan fingerprint density at radius 1 is 1.00 bits per heavy atom. The smallest absolute Gasteiger partial charge is 0.276 e. The van der Waals surface area contributed by atoms with E-state index in [-0.39, 0.29) is 24.0 Å². The number of carbonyl (C=O) groups excluding carboxylic acids is 2. The Labute approximate surface area is 189 Å². The number of para-hydroxylation sites is 1. The van der Waals surface area contributed by atoms with Gasteiger partial charge in [-0.1, -0.05) is 36.6 Å². The zero-order chi connectivity index (χ0) is 22.5. The normalized spacial score (nSPS) is 23.0. The number of carbonyl (C=O) groups is 2. The third-order valence-electron chi connectivity index (χ3n) is 6.54. The zero-order valence-corrected chi connectivity index (χ0v) is 19.1. The van der Waals surface area contributed by atoms with E-state index in [1.165, 1.54) is 0 Å². The maximum Gasteiger partial charge on any atom is 0.276 e. The molecule has 0 bridgehead atoms. The van der Waals surface area contributed by atoms with E-state index in [0.717, 1.165) is 51.4 Å². The fourth-order valence-electron chi connectivity index (χ4n) is 4.78. The van der Waals surface area contributed by atoms with E-state index < -0.39 is 0 Å². The van der Waals surface area contributed by atoms with Gasteiger partial charge in [0, 0.05) is 27.2 Å². The lowest BCUT2D eigenvalue weighted by Crippen LogP contribution is -2.51. The van der Waals surface area contributed by atoms with E-state index in [0.29, 0.717) is 30.1 Å². The molecule has 4 rings (SSSR count). The van der Waals surface area contributed by atoms with Crippen molar-refractivity contribution in [1.29, 1.82) is 0 Å². The van der Waals surface area contributed by atoms with Gasteiger partial charge in [-0.05, 0) is 44.2 Å². The van der Waals surface area contributed by atoms with Crippen molar-refractivity contribution >= 4 is 11.8 Å². The summed E-state index contributed by atoms with van der Waals surface area (Å²) in [5, 5.41) is 8.02. The minimum absolute atomic E-state index is 0.0162. The topological polar surface area (TPSA) is 80.6 Å². The van der Waals surface area contributed by atoms with Gasteiger partial charge in [-0.2, -0.15) is 0 Å². The first-order valence-electron chi connectivity index (χ1n) is 11.7. The predicted molar refractivity (Wildman–Crippen MR) is 121 cm³/mol. The van der Waals surface area contributed by atoms with Crippen LogP contribution in [0.4, 0.5) is 0 Å². The molecular weight excluding hydrogens is 406 g/mol. The monoisotopic (exact) mass is 439 g/mol. The molecule has 2 aliphatic rings. The Hall–Kier alpha value is -2.90. The molecule has 2 atom stereocenters. The van der Waals surface area contributed by atoms with Crippen LogP contribution in [-0.2, 0) is 7.05 Å². The SMILES string of the molecule is CN1CCCCCCN(C(=O)c2cn(C)nn2)[C@@H]2CCCC[C@@H]2Oc2ccccc2C1=O. The minimum Gasteiger partial charge on any atom is -0.487 e. The molecule has 2 aromatic rings. The lowest BCUT2D eigenvalue weighted by Gasteiger charge is -2.40. The second kappa shape index (κ2) is 10.1. The number of benzene rings is 1. The molecule has 0 radical (unpaired) electrons. The number of aryl methyl sites for hydroxylation is 1. The van der Waals surface area contributed by atoms with E-state index in [9.17, 15) is 9.59 Å². The standard InChI is InChI=1S/C24H33N5O3/c1-27-15-9-3-4-10-16-29(24(31)19-17-28(2)26-25-19)20-12-6-8-14-22(20)32-21-13-7-5-11-18(21)23(27)30/h5,7,11,13,17,20,22H,3-4,6,8-10,12,14-16H2,1-2H3/t20-,22+/m1/s1. The van der Waals surface area contributed by atoms with Gasteiger partial charge in [-0.3, -0.25) is 14.3 Å². The van der Waals surface area contributed by atoms with E-state index in [2.05, 4.69) is 10.3 Å². The number of ether oxygens (including phenoxy) is 1. The molecule has 1 aliphatic carbocycles. The quantitative estimate of drug-likeness (QED) is 0.681. The van der Waals surface area contributed by atoms with Gasteiger partial charge in [-0.25, -0.2) is 0 Å². The van der Waals surface area contributed by atoms with Crippen molar-refractivity contribution in [3.8, 4) is 5.75 Å². The van der Waals surface area contributed by atoms with E-state index in [4.69, 9.17) is 4.74 Å². The highest BCUT2D eigenvalue weighted by molar-refractivity contribution is 5.96. The molecule has 8 heteroatoms. The van der Waals surface area contributed by atoms with Crippen molar-refractivity contribution in [3.05, 3.63) is 41.7 Å². The lowest BCUT2D eigenvalue weighted by molar-refractivity contribution is 0.0263. The Balaban J connectivity index is 1.67. The van der Waals surface area contributed by atoms with Gasteiger partial charge in [0.1, 0.15) is 11.9 Å². The van der Waals surface area contributed by atoms with Crippen LogP contribution in [0.3, 0.4) is 0 Å². The Kier molecular flexibility index (Phi) is 7.07. The summed E-state index contributed by atoms with van der Waals surface area (Å²) in [4.78, 5) is 30.3. The Morgan fingerprint density at radius 2 is 1.75 bits per heavy atom. The molecule has 172 valence electrons. The van der Waals surface area contributed by atoms with Gasteiger partial charge in [0.05, 0.1) is 17.8 Å². The molecule has 2 amide bonds. The molecule has 32 heavy (non-hydrogen) atoms. The van der Waals surface area contributed by atoms with Crippen molar-refractivity contribution in [1.82, 2.24) is 24.8 Å². The molecule has 0 saturated heterocycles. The number of rotatable bonds is 1. The first-order chi connectivity index (χ1) is 15.5. The molecule has 8 nitrogen and oxygen atoms in total. The predicted octanol–water partition coefficient (Wildman–Crippen LogP) is 3.29. The van der Waals surface area contributed by atoms with Crippen molar-refractivity contribution in [3.63, 3.8) is 0 Å². The summed E-state index contributed by atoms with van der Waals surface area (Å²) in [6.45, 7) is 1.39. The highest BCUT2D eigenvalue weighted by Gasteiger charge is 2.36. The Morgan fingerprint density at radius 3 is 2.53 bits per heavy atom. The fourth-order valence-corrected chi connectivity index (χ4v) is 4.78. The first-order valence-corrected chi connectivity index (χ1v) is 11.7. The minimum atomic E-state index is -0.161. The summed E-state index contributed by atoms with van der Waals surface area (Å²) in [5.41, 5.74) is 0.957. The molecule has 1 fully saturated rings. The van der Waals surface area contributed by atoms with Crippen LogP contribution < -0.4 is 4.74 Å². The molecule has 0 spiro atoms. The number of fused-ring (bicyclic) bond motifs is 2. The van der Waals surface area contributed by atoms with Crippen molar-refractivity contribution in [2.45, 2.75) is 63.5 Å². The largest absolute Gasteiger partial charge is 0.487 e. The average Bonchev–Trinajstić information content (AvgIpc) is 3.24. The van der Waals surface area contributed by atoms with E-state index >= 15 is 0 Å². The summed E-state index contributed by atoms with van der Waals surface area (Å²) >= 11 is 0. The van der Waals surface area contributed by atoms with Gasteiger partial charge in [-0.15, -0.1) is 5.10 Å². The van der Waals surface area contributed by atoms with Gasteiger partial charge in [0.25, 0.3) is 11.8 Å². The fraction of sp³-hybridized carbons (Fsp3) is 0.583. The van der Waals surface area contributed by atoms with Gasteiger partial charge >= 0.3 is 0 Å². The molecule has 1 aromatic heterocycles. The molecule has 0 N–H and O–H groups in total. The van der Waals surface area contributed by atoms with Gasteiger partial charge in [0.2, 0.25) is 0 Å². The molecule has 0 unspecified atom stereocenters. The Bertz CT molecular complexity index is 943. The first kappa shape index (κ1) is 22.3.